The summed E-state index contributed by atoms with van der Waals surface area (Å²) in [6.45, 7) is 1.88. The predicted octanol–water partition coefficient (Wildman–Crippen LogP) is 2.58. The van der Waals surface area contributed by atoms with Crippen LogP contribution in [0.5, 0.6) is 5.88 Å². The molecular formula is C22H29N3O4. The molecule has 0 radical (unpaired) electrons. The number of nitrogens with zero attached hydrogens (tertiary/aromatic N) is 2. The summed E-state index contributed by atoms with van der Waals surface area (Å²) in [4.78, 5) is 43.7. The number of nitrogens with one attached hydrogen (secondary N) is 1. The standard InChI is InChI=1S/C22H29N3O4/c1-14(25-21(27)17-10-4-5-11-18(17)22(25)28)19(26)24-13-15-7-6-12-23-20(15)29-16-8-2-3-9-16/h6-7,12,14,16-18H,2-5,8-11,13H2,1H3,(H,24,26)/t14-,17-,18+/m0/s1. The van der Waals surface area contributed by atoms with Crippen LogP contribution < -0.4 is 10.1 Å². The van der Waals surface area contributed by atoms with Crippen LogP contribution in [0.4, 0.5) is 0 Å². The molecule has 3 fully saturated rings. The van der Waals surface area contributed by atoms with E-state index in [9.17, 15) is 14.4 Å². The van der Waals surface area contributed by atoms with Crippen LogP contribution in [0.2, 0.25) is 0 Å². The van der Waals surface area contributed by atoms with Gasteiger partial charge in [0.1, 0.15) is 12.1 Å². The summed E-state index contributed by atoms with van der Waals surface area (Å²) in [6.07, 6.45) is 9.70. The van der Waals surface area contributed by atoms with Crippen molar-refractivity contribution >= 4 is 17.7 Å². The van der Waals surface area contributed by atoms with Crippen molar-refractivity contribution in [3.63, 3.8) is 0 Å². The lowest BCUT2D eigenvalue weighted by Crippen LogP contribution is -2.48. The van der Waals surface area contributed by atoms with E-state index in [4.69, 9.17) is 4.74 Å². The zero-order chi connectivity index (χ0) is 20.4. The second-order valence-corrected chi connectivity index (χ2v) is 8.43. The summed E-state index contributed by atoms with van der Waals surface area (Å²) in [5.41, 5.74) is 0.799. The van der Waals surface area contributed by atoms with E-state index in [1.165, 1.54) is 17.7 Å². The highest BCUT2D eigenvalue weighted by Crippen LogP contribution is 2.38. The molecule has 3 aliphatic rings. The molecule has 156 valence electrons. The first kappa shape index (κ1) is 19.9. The Hall–Kier alpha value is -2.44. The molecule has 3 atom stereocenters. The highest BCUT2D eigenvalue weighted by molar-refractivity contribution is 6.08. The van der Waals surface area contributed by atoms with Gasteiger partial charge < -0.3 is 10.1 Å². The minimum atomic E-state index is -0.809. The van der Waals surface area contributed by atoms with Crippen molar-refractivity contribution in [1.29, 1.82) is 0 Å². The molecule has 0 unspecified atom stereocenters. The van der Waals surface area contributed by atoms with Gasteiger partial charge in [-0.3, -0.25) is 19.3 Å². The molecule has 29 heavy (non-hydrogen) atoms. The minimum Gasteiger partial charge on any atom is -0.474 e. The Morgan fingerprint density at radius 1 is 1.14 bits per heavy atom. The zero-order valence-corrected chi connectivity index (χ0v) is 16.9. The average molecular weight is 399 g/mol. The number of fused-ring (bicyclic) bond motifs is 1. The Morgan fingerprint density at radius 2 is 1.76 bits per heavy atom. The Labute approximate surface area is 171 Å². The van der Waals surface area contributed by atoms with Crippen molar-refractivity contribution in [2.45, 2.75) is 77.0 Å². The second-order valence-electron chi connectivity index (χ2n) is 8.43. The van der Waals surface area contributed by atoms with Crippen LogP contribution in [-0.4, -0.2) is 39.8 Å². The van der Waals surface area contributed by atoms with Crippen molar-refractivity contribution in [1.82, 2.24) is 15.2 Å². The van der Waals surface area contributed by atoms with Gasteiger partial charge in [0, 0.05) is 18.3 Å². The van der Waals surface area contributed by atoms with E-state index < -0.39 is 6.04 Å². The number of carbonyl (C=O) groups excluding carboxylic acids is 3. The van der Waals surface area contributed by atoms with Gasteiger partial charge >= 0.3 is 0 Å². The molecule has 7 nitrogen and oxygen atoms in total. The van der Waals surface area contributed by atoms with E-state index in [1.807, 2.05) is 12.1 Å². The van der Waals surface area contributed by atoms with Gasteiger partial charge in [-0.2, -0.15) is 0 Å². The van der Waals surface area contributed by atoms with E-state index in [2.05, 4.69) is 10.3 Å². The van der Waals surface area contributed by atoms with Crippen molar-refractivity contribution in [3.05, 3.63) is 23.9 Å². The fraction of sp³-hybridized carbons (Fsp3) is 0.636. The number of likely N-dealkylation sites (tertiary alicyclic amines) is 1. The molecule has 4 rings (SSSR count). The number of hydrogen-bond acceptors (Lipinski definition) is 5. The SMILES string of the molecule is C[C@@H](C(=O)NCc1cccnc1OC1CCCC1)N1C(=O)[C@H]2CCCC[C@H]2C1=O. The highest BCUT2D eigenvalue weighted by atomic mass is 16.5. The van der Waals surface area contributed by atoms with Gasteiger partial charge in [-0.1, -0.05) is 18.9 Å². The number of pyridine rings is 1. The monoisotopic (exact) mass is 399 g/mol. The van der Waals surface area contributed by atoms with Crippen LogP contribution in [-0.2, 0) is 20.9 Å². The second kappa shape index (κ2) is 8.51. The van der Waals surface area contributed by atoms with Gasteiger partial charge in [0.25, 0.3) is 0 Å². The Morgan fingerprint density at radius 3 is 2.41 bits per heavy atom. The van der Waals surface area contributed by atoms with Gasteiger partial charge in [-0.25, -0.2) is 4.98 Å². The van der Waals surface area contributed by atoms with Crippen LogP contribution in [0.15, 0.2) is 18.3 Å². The Balaban J connectivity index is 1.38. The Kier molecular flexibility index (Phi) is 5.83. The van der Waals surface area contributed by atoms with Crippen LogP contribution in [0.3, 0.4) is 0 Å². The molecule has 1 saturated heterocycles. The largest absolute Gasteiger partial charge is 0.474 e. The first-order valence-electron chi connectivity index (χ1n) is 10.8. The maximum atomic E-state index is 12.7. The third kappa shape index (κ3) is 4.00. The number of amides is 3. The summed E-state index contributed by atoms with van der Waals surface area (Å²) in [5, 5.41) is 2.86. The van der Waals surface area contributed by atoms with Crippen LogP contribution >= 0.6 is 0 Å². The molecule has 7 heteroatoms. The highest BCUT2D eigenvalue weighted by Gasteiger charge is 2.50. The van der Waals surface area contributed by atoms with Gasteiger partial charge in [-0.15, -0.1) is 0 Å². The van der Waals surface area contributed by atoms with Crippen LogP contribution in [0.1, 0.15) is 63.9 Å². The normalized spacial score (nSPS) is 25.8. The lowest BCUT2D eigenvalue weighted by molar-refractivity contribution is -0.147. The summed E-state index contributed by atoms with van der Waals surface area (Å²) in [7, 11) is 0. The topological polar surface area (TPSA) is 88.6 Å². The van der Waals surface area contributed by atoms with Crippen LogP contribution in [0, 0.1) is 11.8 Å². The summed E-state index contributed by atoms with van der Waals surface area (Å²) in [6, 6.07) is 2.88. The minimum absolute atomic E-state index is 0.182. The number of rotatable bonds is 6. The lowest BCUT2D eigenvalue weighted by Gasteiger charge is -2.22. The Bertz CT molecular complexity index is 766. The molecule has 1 aromatic heterocycles. The summed E-state index contributed by atoms with van der Waals surface area (Å²) < 4.78 is 6.02. The van der Waals surface area contributed by atoms with Gasteiger partial charge in [0.15, 0.2) is 0 Å². The molecule has 1 N–H and O–H groups in total. The number of carbonyl (C=O) groups is 3. The van der Waals surface area contributed by atoms with Crippen molar-refractivity contribution in [3.8, 4) is 5.88 Å². The first-order valence-corrected chi connectivity index (χ1v) is 10.8. The van der Waals surface area contributed by atoms with E-state index in [0.29, 0.717) is 5.88 Å². The summed E-state index contributed by atoms with van der Waals surface area (Å²) in [5.74, 6) is -0.636. The number of aromatic nitrogens is 1. The molecule has 3 amide bonds. The smallest absolute Gasteiger partial charge is 0.243 e. The average Bonchev–Trinajstić information content (AvgIpc) is 3.34. The third-order valence-corrected chi connectivity index (χ3v) is 6.53. The molecular weight excluding hydrogens is 370 g/mol. The molecule has 1 aromatic rings. The third-order valence-electron chi connectivity index (χ3n) is 6.53. The van der Waals surface area contributed by atoms with Gasteiger partial charge in [-0.05, 0) is 51.5 Å². The number of imide groups is 1. The fourth-order valence-corrected chi connectivity index (χ4v) is 4.85. The van der Waals surface area contributed by atoms with Gasteiger partial charge in [0.2, 0.25) is 23.6 Å². The maximum absolute atomic E-state index is 12.7. The van der Waals surface area contributed by atoms with Crippen LogP contribution in [0.25, 0.3) is 0 Å². The number of hydrogen-bond donors (Lipinski definition) is 1. The van der Waals surface area contributed by atoms with Gasteiger partial charge in [0.05, 0.1) is 11.8 Å². The van der Waals surface area contributed by atoms with E-state index in [1.54, 1.807) is 13.1 Å². The summed E-state index contributed by atoms with van der Waals surface area (Å²) >= 11 is 0. The molecule has 2 saturated carbocycles. The molecule has 2 aliphatic carbocycles. The number of ether oxygens (including phenoxy) is 1. The predicted molar refractivity (Wildman–Crippen MR) is 106 cm³/mol. The molecule has 0 spiro atoms. The van der Waals surface area contributed by atoms with Crippen molar-refractivity contribution < 1.29 is 19.1 Å². The molecule has 0 aromatic carbocycles. The van der Waals surface area contributed by atoms with Crippen molar-refractivity contribution in [2.75, 3.05) is 0 Å². The van der Waals surface area contributed by atoms with E-state index >= 15 is 0 Å². The molecule has 0 bridgehead atoms. The molecule has 2 heterocycles. The lowest BCUT2D eigenvalue weighted by atomic mass is 9.81. The first-order chi connectivity index (χ1) is 14.1. The van der Waals surface area contributed by atoms with E-state index in [-0.39, 0.29) is 42.2 Å². The fourth-order valence-electron chi connectivity index (χ4n) is 4.85. The molecule has 1 aliphatic heterocycles. The zero-order valence-electron chi connectivity index (χ0n) is 16.9. The maximum Gasteiger partial charge on any atom is 0.243 e. The van der Waals surface area contributed by atoms with Crippen molar-refractivity contribution in [2.24, 2.45) is 11.8 Å². The quantitative estimate of drug-likeness (QED) is 0.743. The van der Waals surface area contributed by atoms with E-state index in [0.717, 1.165) is 44.1 Å².